The topological polar surface area (TPSA) is 38.0 Å². The van der Waals surface area contributed by atoms with E-state index in [1.807, 2.05) is 0 Å². The first kappa shape index (κ1) is 12.9. The average Bonchev–Trinajstić information content (AvgIpc) is 2.00. The molecule has 0 fully saturated rings. The summed E-state index contributed by atoms with van der Waals surface area (Å²) in [6.07, 6.45) is 5.24. The van der Waals surface area contributed by atoms with E-state index in [4.69, 9.17) is 5.73 Å². The van der Waals surface area contributed by atoms with Crippen LogP contribution >= 0.6 is 0 Å². The molecule has 0 aliphatic rings. The van der Waals surface area contributed by atoms with Gasteiger partial charge in [-0.15, -0.1) is 0 Å². The highest BCUT2D eigenvalue weighted by Crippen LogP contribution is 2.03. The molecule has 0 amide bonds. The van der Waals surface area contributed by atoms with Crippen LogP contribution in [0.3, 0.4) is 0 Å². The van der Waals surface area contributed by atoms with Crippen LogP contribution in [0.1, 0.15) is 53.4 Å². The number of nitrogens with one attached hydrogen (secondary N) is 1. The van der Waals surface area contributed by atoms with Gasteiger partial charge in [0, 0.05) is 18.1 Å². The van der Waals surface area contributed by atoms with Crippen molar-refractivity contribution in [1.82, 2.24) is 5.32 Å². The summed E-state index contributed by atoms with van der Waals surface area (Å²) in [5, 5.41) is 3.46. The predicted molar refractivity (Wildman–Crippen MR) is 59.9 cm³/mol. The van der Waals surface area contributed by atoms with Gasteiger partial charge in [0.25, 0.3) is 0 Å². The molecule has 0 aliphatic heterocycles. The molecule has 0 spiro atoms. The Hall–Kier alpha value is -0.0800. The van der Waals surface area contributed by atoms with E-state index in [9.17, 15) is 0 Å². The van der Waals surface area contributed by atoms with E-state index < -0.39 is 0 Å². The van der Waals surface area contributed by atoms with Gasteiger partial charge in [-0.25, -0.2) is 0 Å². The van der Waals surface area contributed by atoms with Gasteiger partial charge in [-0.1, -0.05) is 26.2 Å². The fourth-order valence-electron chi connectivity index (χ4n) is 1.24. The van der Waals surface area contributed by atoms with Gasteiger partial charge in [0.1, 0.15) is 0 Å². The lowest BCUT2D eigenvalue weighted by molar-refractivity contribution is 0.409. The van der Waals surface area contributed by atoms with Crippen LogP contribution in [0.5, 0.6) is 0 Å². The van der Waals surface area contributed by atoms with E-state index in [0.717, 1.165) is 6.54 Å². The molecule has 0 bridgehead atoms. The minimum absolute atomic E-state index is 0.0843. The lowest BCUT2D eigenvalue weighted by Crippen LogP contribution is -2.45. The fraction of sp³-hybridized carbons (Fsp3) is 1.00. The van der Waals surface area contributed by atoms with Crippen molar-refractivity contribution < 1.29 is 0 Å². The van der Waals surface area contributed by atoms with E-state index in [-0.39, 0.29) is 5.54 Å². The van der Waals surface area contributed by atoms with Gasteiger partial charge in [0.15, 0.2) is 0 Å². The Labute approximate surface area is 83.3 Å². The molecule has 80 valence electrons. The Morgan fingerprint density at radius 2 is 1.92 bits per heavy atom. The van der Waals surface area contributed by atoms with Crippen LogP contribution in [0.2, 0.25) is 0 Å². The zero-order valence-corrected chi connectivity index (χ0v) is 9.69. The van der Waals surface area contributed by atoms with E-state index in [0.29, 0.717) is 6.04 Å². The standard InChI is InChI=1S/C11H26N2/c1-5-6-7-8-10(2)13-9-11(3,4)12/h10,13H,5-9,12H2,1-4H3. The Balaban J connectivity index is 3.35. The van der Waals surface area contributed by atoms with Gasteiger partial charge < -0.3 is 11.1 Å². The normalized spacial score (nSPS) is 14.5. The molecule has 1 unspecified atom stereocenters. The first-order valence-electron chi connectivity index (χ1n) is 5.48. The van der Waals surface area contributed by atoms with Crippen LogP contribution in [0.4, 0.5) is 0 Å². The first-order valence-corrected chi connectivity index (χ1v) is 5.48. The number of hydrogen-bond acceptors (Lipinski definition) is 2. The summed E-state index contributed by atoms with van der Waals surface area (Å²) in [6.45, 7) is 9.49. The highest BCUT2D eigenvalue weighted by Gasteiger charge is 2.11. The minimum Gasteiger partial charge on any atom is -0.324 e. The molecule has 0 saturated heterocycles. The summed E-state index contributed by atoms with van der Waals surface area (Å²) in [5.74, 6) is 0. The molecular weight excluding hydrogens is 160 g/mol. The molecule has 2 nitrogen and oxygen atoms in total. The second-order valence-electron chi connectivity index (χ2n) is 4.77. The summed E-state index contributed by atoms with van der Waals surface area (Å²) < 4.78 is 0. The predicted octanol–water partition coefficient (Wildman–Crippen LogP) is 2.28. The van der Waals surface area contributed by atoms with Crippen molar-refractivity contribution in [3.05, 3.63) is 0 Å². The van der Waals surface area contributed by atoms with Crippen molar-refractivity contribution in [2.45, 2.75) is 65.0 Å². The molecule has 0 saturated carbocycles. The minimum atomic E-state index is -0.0843. The molecule has 0 radical (unpaired) electrons. The molecule has 1 atom stereocenters. The largest absolute Gasteiger partial charge is 0.324 e. The van der Waals surface area contributed by atoms with E-state index in [1.165, 1.54) is 25.7 Å². The summed E-state index contributed by atoms with van der Waals surface area (Å²) >= 11 is 0. The summed E-state index contributed by atoms with van der Waals surface area (Å²) in [7, 11) is 0. The van der Waals surface area contributed by atoms with Crippen molar-refractivity contribution in [2.75, 3.05) is 6.54 Å². The van der Waals surface area contributed by atoms with Gasteiger partial charge in [-0.05, 0) is 27.2 Å². The maximum absolute atomic E-state index is 5.88. The van der Waals surface area contributed by atoms with Gasteiger partial charge >= 0.3 is 0 Å². The summed E-state index contributed by atoms with van der Waals surface area (Å²) in [6, 6.07) is 0.606. The van der Waals surface area contributed by atoms with Crippen LogP contribution in [-0.4, -0.2) is 18.1 Å². The van der Waals surface area contributed by atoms with Crippen LogP contribution in [0.25, 0.3) is 0 Å². The SMILES string of the molecule is CCCCCC(C)NCC(C)(C)N. The number of nitrogens with two attached hydrogens (primary N) is 1. The Morgan fingerprint density at radius 1 is 1.31 bits per heavy atom. The summed E-state index contributed by atoms with van der Waals surface area (Å²) in [5.41, 5.74) is 5.79. The maximum atomic E-state index is 5.88. The Bertz CT molecular complexity index is 116. The fourth-order valence-corrected chi connectivity index (χ4v) is 1.24. The average molecular weight is 186 g/mol. The Morgan fingerprint density at radius 3 is 2.38 bits per heavy atom. The first-order chi connectivity index (χ1) is 5.95. The van der Waals surface area contributed by atoms with Gasteiger partial charge in [0.05, 0.1) is 0 Å². The zero-order valence-electron chi connectivity index (χ0n) is 9.69. The maximum Gasteiger partial charge on any atom is 0.0223 e. The van der Waals surface area contributed by atoms with E-state index in [2.05, 4.69) is 33.0 Å². The van der Waals surface area contributed by atoms with Gasteiger partial charge in [-0.3, -0.25) is 0 Å². The van der Waals surface area contributed by atoms with Crippen LogP contribution < -0.4 is 11.1 Å². The zero-order chi connectivity index (χ0) is 10.3. The lowest BCUT2D eigenvalue weighted by Gasteiger charge is -2.22. The molecule has 0 aromatic heterocycles. The van der Waals surface area contributed by atoms with Crippen LogP contribution in [-0.2, 0) is 0 Å². The lowest BCUT2D eigenvalue weighted by atomic mass is 10.1. The molecule has 0 aromatic carbocycles. The van der Waals surface area contributed by atoms with Crippen molar-refractivity contribution in [3.8, 4) is 0 Å². The van der Waals surface area contributed by atoms with Crippen molar-refractivity contribution in [3.63, 3.8) is 0 Å². The second-order valence-corrected chi connectivity index (χ2v) is 4.77. The van der Waals surface area contributed by atoms with Crippen molar-refractivity contribution in [2.24, 2.45) is 5.73 Å². The summed E-state index contributed by atoms with van der Waals surface area (Å²) in [4.78, 5) is 0. The number of rotatable bonds is 7. The monoisotopic (exact) mass is 186 g/mol. The quantitative estimate of drug-likeness (QED) is 0.599. The van der Waals surface area contributed by atoms with Crippen molar-refractivity contribution in [1.29, 1.82) is 0 Å². The van der Waals surface area contributed by atoms with Crippen molar-refractivity contribution >= 4 is 0 Å². The molecule has 0 heterocycles. The van der Waals surface area contributed by atoms with E-state index >= 15 is 0 Å². The third kappa shape index (κ3) is 9.84. The van der Waals surface area contributed by atoms with E-state index in [1.54, 1.807) is 0 Å². The molecule has 0 rings (SSSR count). The molecule has 0 aliphatic carbocycles. The smallest absolute Gasteiger partial charge is 0.0223 e. The van der Waals surface area contributed by atoms with Crippen LogP contribution in [0.15, 0.2) is 0 Å². The van der Waals surface area contributed by atoms with Gasteiger partial charge in [0.2, 0.25) is 0 Å². The molecule has 0 aromatic rings. The van der Waals surface area contributed by atoms with Crippen LogP contribution in [0, 0.1) is 0 Å². The molecule has 13 heavy (non-hydrogen) atoms. The Kier molecular flexibility index (Phi) is 6.35. The highest BCUT2D eigenvalue weighted by molar-refractivity contribution is 4.76. The highest BCUT2D eigenvalue weighted by atomic mass is 14.9. The third-order valence-corrected chi connectivity index (χ3v) is 2.15. The second kappa shape index (κ2) is 6.39. The number of unbranched alkanes of at least 4 members (excludes halogenated alkanes) is 2. The molecule has 3 N–H and O–H groups in total. The van der Waals surface area contributed by atoms with Gasteiger partial charge in [-0.2, -0.15) is 0 Å². The molecule has 2 heteroatoms. The number of hydrogen-bond donors (Lipinski definition) is 2. The third-order valence-electron chi connectivity index (χ3n) is 2.15. The molecular formula is C11H26N2.